The van der Waals surface area contributed by atoms with Gasteiger partial charge in [-0.15, -0.1) is 0 Å². The summed E-state index contributed by atoms with van der Waals surface area (Å²) in [4.78, 5) is 38.5. The lowest BCUT2D eigenvalue weighted by molar-refractivity contribution is -0.384. The number of hydrogen-bond acceptors (Lipinski definition) is 6. The quantitative estimate of drug-likeness (QED) is 0.245. The highest BCUT2D eigenvalue weighted by atomic mass is 16.6. The maximum atomic E-state index is 13.3. The molecule has 3 aromatic rings. The van der Waals surface area contributed by atoms with E-state index < -0.39 is 4.92 Å². The molecule has 3 aromatic carbocycles. The summed E-state index contributed by atoms with van der Waals surface area (Å²) in [6.45, 7) is 3.04. The molecule has 0 bridgehead atoms. The molecule has 39 heavy (non-hydrogen) atoms. The zero-order valence-corrected chi connectivity index (χ0v) is 21.5. The predicted molar refractivity (Wildman–Crippen MR) is 150 cm³/mol. The normalized spacial score (nSPS) is 17.8. The highest BCUT2D eigenvalue weighted by molar-refractivity contribution is 6.37. The Morgan fingerprint density at radius 2 is 1.82 bits per heavy atom. The number of anilines is 2. The standard InChI is InChI=1S/C30H29N5O4/c36-27-3-1-2-14-34(27)18-19-4-6-20(7-5-19)29(32-23-9-8-22-17-31-13-12-21(22)15-23)28-25-16-24(35(38)39)10-11-26(25)33-30(28)37/h4-11,15-16,31-32H,1-3,12-14,17-18H2,(H,33,37)/b29-28-. The average Bonchev–Trinajstić information content (AvgIpc) is 3.28. The van der Waals surface area contributed by atoms with E-state index in [1.807, 2.05) is 35.2 Å². The summed E-state index contributed by atoms with van der Waals surface area (Å²) in [5.74, 6) is -0.142. The Morgan fingerprint density at radius 1 is 0.974 bits per heavy atom. The van der Waals surface area contributed by atoms with Crippen LogP contribution in [0.5, 0.6) is 0 Å². The first kappa shape index (κ1) is 24.8. The molecule has 0 aliphatic carbocycles. The molecule has 3 N–H and O–H groups in total. The molecule has 198 valence electrons. The number of nitrogens with zero attached hydrogens (tertiary/aromatic N) is 2. The van der Waals surface area contributed by atoms with Crippen LogP contribution in [-0.2, 0) is 29.1 Å². The second kappa shape index (κ2) is 10.3. The molecule has 3 heterocycles. The lowest BCUT2D eigenvalue weighted by atomic mass is 9.97. The number of fused-ring (bicyclic) bond motifs is 2. The van der Waals surface area contributed by atoms with Crippen LogP contribution in [0, 0.1) is 10.1 Å². The van der Waals surface area contributed by atoms with E-state index >= 15 is 0 Å². The molecule has 0 unspecified atom stereocenters. The Kier molecular flexibility index (Phi) is 6.58. The third-order valence-corrected chi connectivity index (χ3v) is 7.61. The lowest BCUT2D eigenvalue weighted by Gasteiger charge is -2.26. The van der Waals surface area contributed by atoms with E-state index in [1.54, 1.807) is 6.07 Å². The van der Waals surface area contributed by atoms with Crippen LogP contribution in [0.15, 0.2) is 60.7 Å². The Morgan fingerprint density at radius 3 is 2.62 bits per heavy atom. The number of nitro benzene ring substituents is 1. The molecular weight excluding hydrogens is 494 g/mol. The largest absolute Gasteiger partial charge is 0.354 e. The van der Waals surface area contributed by atoms with Gasteiger partial charge in [-0.2, -0.15) is 0 Å². The van der Waals surface area contributed by atoms with Crippen LogP contribution in [0.1, 0.15) is 47.1 Å². The zero-order valence-electron chi connectivity index (χ0n) is 21.5. The second-order valence-corrected chi connectivity index (χ2v) is 10.2. The topological polar surface area (TPSA) is 117 Å². The molecule has 3 aliphatic rings. The molecule has 0 spiro atoms. The number of hydrogen-bond donors (Lipinski definition) is 3. The molecular formula is C30H29N5O4. The fourth-order valence-corrected chi connectivity index (χ4v) is 5.52. The number of amides is 2. The number of benzene rings is 3. The fraction of sp³-hybridized carbons (Fsp3) is 0.267. The van der Waals surface area contributed by atoms with Crippen LogP contribution in [-0.4, -0.2) is 34.7 Å². The van der Waals surface area contributed by atoms with Crippen LogP contribution in [0.4, 0.5) is 17.1 Å². The van der Waals surface area contributed by atoms with Crippen molar-refractivity contribution in [3.05, 3.63) is 98.6 Å². The van der Waals surface area contributed by atoms with Gasteiger partial charge in [0, 0.05) is 55.1 Å². The molecule has 1 fully saturated rings. The molecule has 3 aliphatic heterocycles. The van der Waals surface area contributed by atoms with Crippen molar-refractivity contribution in [3.63, 3.8) is 0 Å². The summed E-state index contributed by atoms with van der Waals surface area (Å²) in [6, 6.07) is 18.4. The Hall–Kier alpha value is -4.50. The van der Waals surface area contributed by atoms with Gasteiger partial charge in [0.2, 0.25) is 5.91 Å². The smallest absolute Gasteiger partial charge is 0.270 e. The number of carbonyl (C=O) groups is 2. The van der Waals surface area contributed by atoms with Crippen molar-refractivity contribution < 1.29 is 14.5 Å². The minimum Gasteiger partial charge on any atom is -0.354 e. The molecule has 1 saturated heterocycles. The van der Waals surface area contributed by atoms with Crippen molar-refractivity contribution in [2.24, 2.45) is 0 Å². The van der Waals surface area contributed by atoms with Gasteiger partial charge >= 0.3 is 0 Å². The molecule has 0 aromatic heterocycles. The third kappa shape index (κ3) is 5.00. The van der Waals surface area contributed by atoms with Crippen molar-refractivity contribution in [2.75, 3.05) is 23.7 Å². The van der Waals surface area contributed by atoms with E-state index in [0.29, 0.717) is 35.5 Å². The van der Waals surface area contributed by atoms with Crippen LogP contribution >= 0.6 is 0 Å². The predicted octanol–water partition coefficient (Wildman–Crippen LogP) is 4.69. The SMILES string of the molecule is O=C1Nc2ccc([N+](=O)[O-])cc2/C1=C(/Nc1ccc2c(c1)CCNC2)c1ccc(CN2CCCCC2=O)cc1. The van der Waals surface area contributed by atoms with Crippen molar-refractivity contribution in [2.45, 2.75) is 38.8 Å². The summed E-state index contributed by atoms with van der Waals surface area (Å²) < 4.78 is 0. The maximum absolute atomic E-state index is 13.3. The van der Waals surface area contributed by atoms with Gasteiger partial charge in [0.1, 0.15) is 0 Å². The molecule has 2 amide bonds. The van der Waals surface area contributed by atoms with E-state index in [9.17, 15) is 19.7 Å². The van der Waals surface area contributed by atoms with E-state index in [4.69, 9.17) is 0 Å². The van der Waals surface area contributed by atoms with Gasteiger partial charge in [-0.25, -0.2) is 0 Å². The average molecular weight is 524 g/mol. The van der Waals surface area contributed by atoms with Gasteiger partial charge in [-0.05, 0) is 66.3 Å². The van der Waals surface area contributed by atoms with E-state index in [2.05, 4.69) is 28.1 Å². The van der Waals surface area contributed by atoms with Crippen LogP contribution < -0.4 is 16.0 Å². The number of nitro groups is 1. The number of carbonyl (C=O) groups excluding carboxylic acids is 2. The molecule has 9 nitrogen and oxygen atoms in total. The highest BCUT2D eigenvalue weighted by Crippen LogP contribution is 2.39. The summed E-state index contributed by atoms with van der Waals surface area (Å²) >= 11 is 0. The summed E-state index contributed by atoms with van der Waals surface area (Å²) in [5.41, 5.74) is 6.98. The number of nitrogens with one attached hydrogen (secondary N) is 3. The van der Waals surface area contributed by atoms with Gasteiger partial charge < -0.3 is 20.9 Å². The van der Waals surface area contributed by atoms with Gasteiger partial charge in [-0.3, -0.25) is 19.7 Å². The number of non-ortho nitro benzene ring substituents is 1. The maximum Gasteiger partial charge on any atom is 0.270 e. The monoisotopic (exact) mass is 523 g/mol. The first-order valence-electron chi connectivity index (χ1n) is 13.3. The summed E-state index contributed by atoms with van der Waals surface area (Å²) in [5, 5.41) is 21.2. The minimum absolute atomic E-state index is 0.0788. The first-order chi connectivity index (χ1) is 19.0. The van der Waals surface area contributed by atoms with E-state index in [-0.39, 0.29) is 17.5 Å². The number of rotatable bonds is 6. The Bertz CT molecular complexity index is 1510. The van der Waals surface area contributed by atoms with E-state index in [0.717, 1.165) is 55.7 Å². The Balaban J connectivity index is 1.41. The molecule has 0 saturated carbocycles. The van der Waals surface area contributed by atoms with Crippen molar-refractivity contribution in [3.8, 4) is 0 Å². The number of likely N-dealkylation sites (tertiary alicyclic amines) is 1. The van der Waals surface area contributed by atoms with E-state index in [1.165, 1.54) is 23.3 Å². The van der Waals surface area contributed by atoms with Crippen molar-refractivity contribution in [1.29, 1.82) is 0 Å². The number of piperidine rings is 1. The Labute approximate surface area is 226 Å². The molecule has 0 radical (unpaired) electrons. The molecule has 0 atom stereocenters. The van der Waals surface area contributed by atoms with Gasteiger partial charge in [0.15, 0.2) is 0 Å². The lowest BCUT2D eigenvalue weighted by Crippen LogP contribution is -2.34. The second-order valence-electron chi connectivity index (χ2n) is 10.2. The molecule has 6 rings (SSSR count). The zero-order chi connectivity index (χ0) is 26.9. The van der Waals surface area contributed by atoms with Crippen molar-refractivity contribution in [1.82, 2.24) is 10.2 Å². The highest BCUT2D eigenvalue weighted by Gasteiger charge is 2.30. The fourth-order valence-electron chi connectivity index (χ4n) is 5.52. The molecule has 9 heteroatoms. The third-order valence-electron chi connectivity index (χ3n) is 7.61. The van der Waals surface area contributed by atoms with Crippen LogP contribution in [0.3, 0.4) is 0 Å². The van der Waals surface area contributed by atoms with Crippen molar-refractivity contribution >= 4 is 40.1 Å². The van der Waals surface area contributed by atoms with Gasteiger partial charge in [-0.1, -0.05) is 30.3 Å². The summed E-state index contributed by atoms with van der Waals surface area (Å²) in [6.07, 6.45) is 3.46. The first-order valence-corrected chi connectivity index (χ1v) is 13.3. The van der Waals surface area contributed by atoms with Crippen LogP contribution in [0.2, 0.25) is 0 Å². The minimum atomic E-state index is -0.456. The van der Waals surface area contributed by atoms with Gasteiger partial charge in [0.05, 0.1) is 16.2 Å². The van der Waals surface area contributed by atoms with Gasteiger partial charge in [0.25, 0.3) is 11.6 Å². The van der Waals surface area contributed by atoms with Crippen LogP contribution in [0.25, 0.3) is 11.3 Å². The summed E-state index contributed by atoms with van der Waals surface area (Å²) in [7, 11) is 0.